The van der Waals surface area contributed by atoms with Crippen LogP contribution >= 0.6 is 0 Å². The smallest absolute Gasteiger partial charge is 0.261 e. The number of fused-ring (bicyclic) bond motifs is 1. The molecule has 8 heteroatoms. The fourth-order valence-electron chi connectivity index (χ4n) is 4.85. The van der Waals surface area contributed by atoms with Crippen molar-refractivity contribution < 1.29 is 19.2 Å². The van der Waals surface area contributed by atoms with E-state index < -0.39 is 0 Å². The standard InChI is InChI=1S/C12H13NO2.2C11H15NO.C11H17N/c1-8(2)7-13-11(14)9-5-3-4-6-10(9)12(13)15;2*1-9(2)11(13)12-8-10-6-4-3-5-7-10;1-10(2)8-12-9-11-6-4-3-5-7-11/h3-6,8H,7H2,1-2H3;2*3-7,9H,8H2,1-2H3,(H,12,13);3-7,10,12H,8-9H2,1-2H3. The van der Waals surface area contributed by atoms with Crippen molar-refractivity contribution in [3.63, 3.8) is 0 Å². The predicted molar refractivity (Wildman–Crippen MR) is 216 cm³/mol. The van der Waals surface area contributed by atoms with Gasteiger partial charge in [-0.3, -0.25) is 24.1 Å². The summed E-state index contributed by atoms with van der Waals surface area (Å²) in [4.78, 5) is 47.4. The fraction of sp³-hybridized carbons (Fsp3) is 0.378. The van der Waals surface area contributed by atoms with Crippen molar-refractivity contribution in [3.05, 3.63) is 143 Å². The molecule has 0 aliphatic carbocycles. The Morgan fingerprint density at radius 2 is 0.830 bits per heavy atom. The zero-order valence-corrected chi connectivity index (χ0v) is 32.9. The number of carbonyl (C=O) groups is 4. The number of amides is 4. The molecule has 3 N–H and O–H groups in total. The molecule has 53 heavy (non-hydrogen) atoms. The normalized spacial score (nSPS) is 11.6. The number of hydrogen-bond donors (Lipinski definition) is 3. The highest BCUT2D eigenvalue weighted by Crippen LogP contribution is 2.23. The van der Waals surface area contributed by atoms with Crippen LogP contribution < -0.4 is 16.0 Å². The van der Waals surface area contributed by atoms with E-state index in [2.05, 4.69) is 54.1 Å². The third kappa shape index (κ3) is 17.3. The third-order valence-corrected chi connectivity index (χ3v) is 7.82. The van der Waals surface area contributed by atoms with Gasteiger partial charge in [0.1, 0.15) is 0 Å². The summed E-state index contributed by atoms with van der Waals surface area (Å²) in [5.74, 6) is 1.02. The van der Waals surface area contributed by atoms with E-state index in [1.807, 2.05) is 108 Å². The Hall–Kier alpha value is -5.08. The molecular weight excluding hydrogens is 661 g/mol. The first-order chi connectivity index (χ1) is 25.3. The van der Waals surface area contributed by atoms with Crippen molar-refractivity contribution in [2.45, 2.75) is 75.0 Å². The molecule has 0 saturated carbocycles. The summed E-state index contributed by atoms with van der Waals surface area (Å²) in [6.45, 7) is 19.8. The topological polar surface area (TPSA) is 108 Å². The van der Waals surface area contributed by atoms with Gasteiger partial charge in [-0.05, 0) is 47.2 Å². The summed E-state index contributed by atoms with van der Waals surface area (Å²) in [7, 11) is 0. The molecule has 0 unspecified atom stereocenters. The van der Waals surface area contributed by atoms with E-state index in [1.165, 1.54) is 10.5 Å². The van der Waals surface area contributed by atoms with E-state index in [1.54, 1.807) is 24.3 Å². The van der Waals surface area contributed by atoms with Crippen LogP contribution in [0.5, 0.6) is 0 Å². The monoisotopic (exact) mass is 720 g/mol. The van der Waals surface area contributed by atoms with Crippen molar-refractivity contribution in [2.75, 3.05) is 13.1 Å². The molecule has 0 spiro atoms. The zero-order valence-electron chi connectivity index (χ0n) is 32.9. The maximum atomic E-state index is 11.8. The van der Waals surface area contributed by atoms with Crippen molar-refractivity contribution >= 4 is 23.6 Å². The van der Waals surface area contributed by atoms with Gasteiger partial charge in [0.2, 0.25) is 11.8 Å². The van der Waals surface area contributed by atoms with E-state index >= 15 is 0 Å². The molecule has 4 aromatic rings. The average molecular weight is 721 g/mol. The van der Waals surface area contributed by atoms with Crippen molar-refractivity contribution in [1.29, 1.82) is 0 Å². The molecule has 4 amide bonds. The lowest BCUT2D eigenvalue weighted by atomic mass is 10.1. The number of imide groups is 1. The Bertz CT molecular complexity index is 1560. The van der Waals surface area contributed by atoms with E-state index in [0.717, 1.165) is 30.1 Å². The minimum Gasteiger partial charge on any atom is -0.352 e. The Kier molecular flexibility index (Phi) is 20.1. The molecule has 1 aliphatic heterocycles. The summed E-state index contributed by atoms with van der Waals surface area (Å²) in [5.41, 5.74) is 4.69. The second-order valence-electron chi connectivity index (χ2n) is 14.4. The van der Waals surface area contributed by atoms with Gasteiger partial charge in [-0.1, -0.05) is 159 Å². The number of carbonyl (C=O) groups excluding carboxylic acids is 4. The quantitative estimate of drug-likeness (QED) is 0.128. The van der Waals surface area contributed by atoms with Gasteiger partial charge >= 0.3 is 0 Å². The van der Waals surface area contributed by atoms with Gasteiger partial charge in [0.25, 0.3) is 11.8 Å². The van der Waals surface area contributed by atoms with Crippen LogP contribution in [0.3, 0.4) is 0 Å². The lowest BCUT2D eigenvalue weighted by Crippen LogP contribution is -2.33. The summed E-state index contributed by atoms with van der Waals surface area (Å²) in [6, 6.07) is 37.3. The maximum Gasteiger partial charge on any atom is 0.261 e. The number of nitrogens with one attached hydrogen (secondary N) is 3. The van der Waals surface area contributed by atoms with Crippen LogP contribution in [0.15, 0.2) is 115 Å². The highest BCUT2D eigenvalue weighted by Gasteiger charge is 2.35. The highest BCUT2D eigenvalue weighted by molar-refractivity contribution is 6.21. The molecular formula is C45H60N4O4. The van der Waals surface area contributed by atoms with Crippen LogP contribution in [-0.4, -0.2) is 41.6 Å². The number of hydrogen-bond acceptors (Lipinski definition) is 5. The molecule has 4 aromatic carbocycles. The Labute approximate surface area is 317 Å². The molecule has 0 aromatic heterocycles. The van der Waals surface area contributed by atoms with Crippen LogP contribution in [0.1, 0.15) is 92.8 Å². The second-order valence-corrected chi connectivity index (χ2v) is 14.4. The summed E-state index contributed by atoms with van der Waals surface area (Å²) >= 11 is 0. The van der Waals surface area contributed by atoms with Gasteiger partial charge in [0, 0.05) is 38.0 Å². The van der Waals surface area contributed by atoms with Crippen LogP contribution in [0, 0.1) is 23.7 Å². The highest BCUT2D eigenvalue weighted by atomic mass is 16.2. The Morgan fingerprint density at radius 3 is 1.15 bits per heavy atom. The number of benzene rings is 4. The molecule has 284 valence electrons. The van der Waals surface area contributed by atoms with Crippen LogP contribution in [0.25, 0.3) is 0 Å². The second kappa shape index (κ2) is 24.2. The molecule has 0 fully saturated rings. The van der Waals surface area contributed by atoms with Crippen molar-refractivity contribution in [1.82, 2.24) is 20.9 Å². The van der Waals surface area contributed by atoms with Gasteiger partial charge in [-0.2, -0.15) is 0 Å². The van der Waals surface area contributed by atoms with E-state index in [4.69, 9.17) is 0 Å². The van der Waals surface area contributed by atoms with Gasteiger partial charge in [-0.25, -0.2) is 0 Å². The summed E-state index contributed by atoms with van der Waals surface area (Å²) in [5, 5.41) is 9.12. The third-order valence-electron chi connectivity index (χ3n) is 7.82. The minimum atomic E-state index is -0.163. The molecule has 1 aliphatic rings. The number of nitrogens with zero attached hydrogens (tertiary/aromatic N) is 1. The van der Waals surface area contributed by atoms with Crippen molar-refractivity contribution in [2.24, 2.45) is 23.7 Å². The first kappa shape index (κ1) is 44.1. The molecule has 0 atom stereocenters. The van der Waals surface area contributed by atoms with E-state index in [9.17, 15) is 19.2 Å². The lowest BCUT2D eigenvalue weighted by molar-refractivity contribution is -0.124. The Morgan fingerprint density at radius 1 is 0.491 bits per heavy atom. The fourth-order valence-corrected chi connectivity index (χ4v) is 4.85. The maximum absolute atomic E-state index is 11.8. The predicted octanol–water partition coefficient (Wildman–Crippen LogP) is 8.29. The average Bonchev–Trinajstić information content (AvgIpc) is 3.39. The Balaban J connectivity index is 0.000000245. The molecule has 1 heterocycles. The summed E-state index contributed by atoms with van der Waals surface area (Å²) in [6.07, 6.45) is 0. The SMILES string of the molecule is CC(C)C(=O)NCc1ccccc1.CC(C)C(=O)NCc1ccccc1.CC(C)CN1C(=O)c2ccccc2C1=O.CC(C)CNCc1ccccc1. The van der Waals surface area contributed by atoms with E-state index in [-0.39, 0.29) is 35.5 Å². The first-order valence-electron chi connectivity index (χ1n) is 18.6. The van der Waals surface area contributed by atoms with Crippen LogP contribution in [0.2, 0.25) is 0 Å². The van der Waals surface area contributed by atoms with Crippen molar-refractivity contribution in [3.8, 4) is 0 Å². The molecule has 0 radical (unpaired) electrons. The first-order valence-corrected chi connectivity index (χ1v) is 18.6. The zero-order chi connectivity index (χ0) is 39.2. The molecule has 5 rings (SSSR count). The molecule has 0 saturated heterocycles. The molecule has 8 nitrogen and oxygen atoms in total. The van der Waals surface area contributed by atoms with Gasteiger partial charge < -0.3 is 16.0 Å². The van der Waals surface area contributed by atoms with Gasteiger partial charge in [-0.15, -0.1) is 0 Å². The van der Waals surface area contributed by atoms with Crippen LogP contribution in [-0.2, 0) is 29.2 Å². The van der Waals surface area contributed by atoms with E-state index in [0.29, 0.717) is 36.7 Å². The van der Waals surface area contributed by atoms with Gasteiger partial charge in [0.15, 0.2) is 0 Å². The van der Waals surface area contributed by atoms with Crippen LogP contribution in [0.4, 0.5) is 0 Å². The number of rotatable bonds is 12. The molecule has 0 bridgehead atoms. The lowest BCUT2D eigenvalue weighted by Gasteiger charge is -2.15. The summed E-state index contributed by atoms with van der Waals surface area (Å²) < 4.78 is 0. The largest absolute Gasteiger partial charge is 0.352 e. The van der Waals surface area contributed by atoms with Gasteiger partial charge in [0.05, 0.1) is 11.1 Å². The minimum absolute atomic E-state index is 0.0590.